The Balaban J connectivity index is 2.11. The molecule has 0 unspecified atom stereocenters. The van der Waals surface area contributed by atoms with Crippen LogP contribution in [0.1, 0.15) is 36.9 Å². The lowest BCUT2D eigenvalue weighted by Crippen LogP contribution is -2.15. The molecule has 0 saturated heterocycles. The summed E-state index contributed by atoms with van der Waals surface area (Å²) in [5.41, 5.74) is 2.15. The average Bonchev–Trinajstić information content (AvgIpc) is 2.58. The van der Waals surface area contributed by atoms with Crippen molar-refractivity contribution in [2.45, 2.75) is 39.2 Å². The molecule has 1 aromatic rings. The molecule has 0 aliphatic carbocycles. The van der Waals surface area contributed by atoms with E-state index in [1.54, 1.807) is 4.68 Å². The zero-order chi connectivity index (χ0) is 13.4. The van der Waals surface area contributed by atoms with Crippen molar-refractivity contribution in [1.82, 2.24) is 15.1 Å². The van der Waals surface area contributed by atoms with E-state index in [2.05, 4.69) is 16.7 Å². The number of aromatic nitrogens is 2. The first-order valence-electron chi connectivity index (χ1n) is 6.54. The second-order valence-corrected chi connectivity index (χ2v) is 5.91. The molecule has 18 heavy (non-hydrogen) atoms. The number of thioether (sulfide) groups is 1. The van der Waals surface area contributed by atoms with Crippen molar-refractivity contribution >= 4 is 23.4 Å². The third kappa shape index (κ3) is 5.21. The Morgan fingerprint density at radius 2 is 2.00 bits per heavy atom. The first-order chi connectivity index (χ1) is 8.66. The molecule has 1 N–H and O–H groups in total. The van der Waals surface area contributed by atoms with Gasteiger partial charge in [-0.1, -0.05) is 24.4 Å². The van der Waals surface area contributed by atoms with Crippen LogP contribution in [0.15, 0.2) is 0 Å². The van der Waals surface area contributed by atoms with Gasteiger partial charge < -0.3 is 5.32 Å². The molecule has 0 saturated carbocycles. The predicted octanol–water partition coefficient (Wildman–Crippen LogP) is 3.39. The molecule has 0 amide bonds. The number of rotatable bonds is 9. The number of aryl methyl sites for hydroxylation is 2. The number of hydrogen-bond acceptors (Lipinski definition) is 3. The summed E-state index contributed by atoms with van der Waals surface area (Å²) in [7, 11) is 1.88. The number of halogens is 1. The second kappa shape index (κ2) is 8.83. The highest BCUT2D eigenvalue weighted by molar-refractivity contribution is 7.98. The highest BCUT2D eigenvalue weighted by atomic mass is 35.5. The van der Waals surface area contributed by atoms with Crippen molar-refractivity contribution in [3.8, 4) is 0 Å². The maximum absolute atomic E-state index is 6.17. The minimum absolute atomic E-state index is 0.750. The van der Waals surface area contributed by atoms with Crippen molar-refractivity contribution in [2.24, 2.45) is 7.05 Å². The zero-order valence-electron chi connectivity index (χ0n) is 11.6. The van der Waals surface area contributed by atoms with E-state index < -0.39 is 0 Å². The SMILES string of the molecule is CSCCCCCCNCc1c(C)nn(C)c1Cl. The third-order valence-electron chi connectivity index (χ3n) is 3.02. The Hall–Kier alpha value is -0.190. The Morgan fingerprint density at radius 3 is 2.61 bits per heavy atom. The molecule has 1 rings (SSSR count). The molecule has 0 radical (unpaired) electrons. The van der Waals surface area contributed by atoms with Gasteiger partial charge in [0.2, 0.25) is 0 Å². The van der Waals surface area contributed by atoms with Gasteiger partial charge in [0.25, 0.3) is 0 Å². The van der Waals surface area contributed by atoms with Crippen LogP contribution in [-0.4, -0.2) is 28.3 Å². The Morgan fingerprint density at radius 1 is 1.28 bits per heavy atom. The van der Waals surface area contributed by atoms with E-state index >= 15 is 0 Å². The fraction of sp³-hybridized carbons (Fsp3) is 0.769. The van der Waals surface area contributed by atoms with Crippen molar-refractivity contribution in [3.63, 3.8) is 0 Å². The molecule has 0 aliphatic heterocycles. The van der Waals surface area contributed by atoms with Crippen LogP contribution in [0.4, 0.5) is 0 Å². The summed E-state index contributed by atoms with van der Waals surface area (Å²) >= 11 is 8.10. The van der Waals surface area contributed by atoms with Gasteiger partial charge in [0.05, 0.1) is 5.69 Å². The van der Waals surface area contributed by atoms with Crippen molar-refractivity contribution in [3.05, 3.63) is 16.4 Å². The fourth-order valence-corrected chi connectivity index (χ4v) is 2.67. The summed E-state index contributed by atoms with van der Waals surface area (Å²) in [4.78, 5) is 0. The molecule has 1 aromatic heterocycles. The highest BCUT2D eigenvalue weighted by Gasteiger charge is 2.09. The van der Waals surface area contributed by atoms with E-state index in [1.165, 1.54) is 31.4 Å². The lowest BCUT2D eigenvalue weighted by Gasteiger charge is -2.04. The summed E-state index contributed by atoms with van der Waals surface area (Å²) in [6.07, 6.45) is 7.41. The van der Waals surface area contributed by atoms with Gasteiger partial charge in [-0.3, -0.25) is 4.68 Å². The van der Waals surface area contributed by atoms with Crippen LogP contribution in [0, 0.1) is 6.92 Å². The molecule has 0 fully saturated rings. The Bertz CT molecular complexity index is 352. The van der Waals surface area contributed by atoms with Gasteiger partial charge in [-0.05, 0) is 38.3 Å². The Labute approximate surface area is 120 Å². The van der Waals surface area contributed by atoms with Gasteiger partial charge >= 0.3 is 0 Å². The van der Waals surface area contributed by atoms with Crippen LogP contribution < -0.4 is 5.32 Å². The normalized spacial score (nSPS) is 11.1. The minimum atomic E-state index is 0.750. The number of nitrogens with one attached hydrogen (secondary N) is 1. The summed E-state index contributed by atoms with van der Waals surface area (Å²) in [5, 5.41) is 8.50. The summed E-state index contributed by atoms with van der Waals surface area (Å²) in [6.45, 7) is 3.89. The lowest BCUT2D eigenvalue weighted by molar-refractivity contribution is 0.598. The molecule has 0 atom stereocenters. The molecule has 0 aliphatic rings. The summed E-state index contributed by atoms with van der Waals surface area (Å²) in [5.74, 6) is 1.29. The van der Waals surface area contributed by atoms with Crippen LogP contribution in [-0.2, 0) is 13.6 Å². The van der Waals surface area contributed by atoms with Crippen molar-refractivity contribution < 1.29 is 0 Å². The molecule has 104 valence electrons. The molecule has 0 aromatic carbocycles. The quantitative estimate of drug-likeness (QED) is 0.707. The van der Waals surface area contributed by atoms with Crippen LogP contribution in [0.25, 0.3) is 0 Å². The van der Waals surface area contributed by atoms with E-state index in [9.17, 15) is 0 Å². The standard InChI is InChI=1S/C13H24ClN3S/c1-11-12(13(14)17(2)16-11)10-15-8-6-4-5-7-9-18-3/h15H,4-10H2,1-3H3. The van der Waals surface area contributed by atoms with E-state index in [0.29, 0.717) is 0 Å². The molecule has 5 heteroatoms. The highest BCUT2D eigenvalue weighted by Crippen LogP contribution is 2.18. The first-order valence-corrected chi connectivity index (χ1v) is 8.31. The number of unbranched alkanes of at least 4 members (excludes halogenated alkanes) is 3. The molecular formula is C13H24ClN3S. The van der Waals surface area contributed by atoms with Gasteiger partial charge in [0.1, 0.15) is 5.15 Å². The van der Waals surface area contributed by atoms with E-state index in [0.717, 1.165) is 29.5 Å². The van der Waals surface area contributed by atoms with Crippen molar-refractivity contribution in [2.75, 3.05) is 18.6 Å². The second-order valence-electron chi connectivity index (χ2n) is 4.56. The summed E-state index contributed by atoms with van der Waals surface area (Å²) in [6, 6.07) is 0. The number of nitrogens with zero attached hydrogens (tertiary/aromatic N) is 2. The summed E-state index contributed by atoms with van der Waals surface area (Å²) < 4.78 is 1.73. The molecule has 1 heterocycles. The smallest absolute Gasteiger partial charge is 0.131 e. The van der Waals surface area contributed by atoms with Crippen LogP contribution in [0.5, 0.6) is 0 Å². The fourth-order valence-electron chi connectivity index (χ4n) is 1.94. The van der Waals surface area contributed by atoms with E-state index in [-0.39, 0.29) is 0 Å². The number of hydrogen-bond donors (Lipinski definition) is 1. The lowest BCUT2D eigenvalue weighted by atomic mass is 10.2. The molecule has 0 bridgehead atoms. The Kier molecular flexibility index (Phi) is 7.79. The maximum Gasteiger partial charge on any atom is 0.131 e. The van der Waals surface area contributed by atoms with Gasteiger partial charge in [-0.2, -0.15) is 16.9 Å². The van der Waals surface area contributed by atoms with Gasteiger partial charge in [-0.15, -0.1) is 0 Å². The van der Waals surface area contributed by atoms with Crippen LogP contribution >= 0.6 is 23.4 Å². The largest absolute Gasteiger partial charge is 0.312 e. The van der Waals surface area contributed by atoms with Gasteiger partial charge in [0.15, 0.2) is 0 Å². The predicted molar refractivity (Wildman–Crippen MR) is 81.5 cm³/mol. The van der Waals surface area contributed by atoms with Crippen LogP contribution in [0.2, 0.25) is 5.15 Å². The third-order valence-corrected chi connectivity index (χ3v) is 4.19. The van der Waals surface area contributed by atoms with E-state index in [1.807, 2.05) is 25.7 Å². The molecule has 0 spiro atoms. The average molecular weight is 290 g/mol. The first kappa shape index (κ1) is 15.9. The monoisotopic (exact) mass is 289 g/mol. The molecule has 3 nitrogen and oxygen atoms in total. The zero-order valence-corrected chi connectivity index (χ0v) is 13.2. The maximum atomic E-state index is 6.17. The molecular weight excluding hydrogens is 266 g/mol. The van der Waals surface area contributed by atoms with E-state index in [4.69, 9.17) is 11.6 Å². The van der Waals surface area contributed by atoms with Crippen molar-refractivity contribution in [1.29, 1.82) is 0 Å². The topological polar surface area (TPSA) is 29.9 Å². The van der Waals surface area contributed by atoms with Gasteiger partial charge in [-0.25, -0.2) is 0 Å². The van der Waals surface area contributed by atoms with Gasteiger partial charge in [0, 0.05) is 19.2 Å². The minimum Gasteiger partial charge on any atom is -0.312 e. The van der Waals surface area contributed by atoms with Crippen LogP contribution in [0.3, 0.4) is 0 Å².